The molecule has 1 aromatic carbocycles. The number of anilines is 1. The summed E-state index contributed by atoms with van der Waals surface area (Å²) in [5, 5.41) is 11.3. The minimum Gasteiger partial charge on any atom is -0.444 e. The Balaban J connectivity index is 1.52. The zero-order valence-corrected chi connectivity index (χ0v) is 17.4. The van der Waals surface area contributed by atoms with Crippen LogP contribution in [0.1, 0.15) is 44.1 Å². The van der Waals surface area contributed by atoms with Crippen LogP contribution in [0.5, 0.6) is 0 Å². The summed E-state index contributed by atoms with van der Waals surface area (Å²) in [6, 6.07) is 3.52. The predicted molar refractivity (Wildman–Crippen MR) is 112 cm³/mol. The first-order chi connectivity index (χ1) is 13.7. The number of aromatic amines is 1. The highest BCUT2D eigenvalue weighted by Gasteiger charge is 2.29. The molecule has 3 heterocycles. The van der Waals surface area contributed by atoms with Gasteiger partial charge >= 0.3 is 6.09 Å². The molecule has 0 saturated carbocycles. The molecule has 10 heteroatoms. The second-order valence-electron chi connectivity index (χ2n) is 8.20. The molecule has 4 rings (SSSR count). The van der Waals surface area contributed by atoms with Gasteiger partial charge in [0.25, 0.3) is 5.91 Å². The molecule has 0 radical (unpaired) electrons. The zero-order chi connectivity index (χ0) is 20.8. The standard InChI is InChI=1S/C19H24N6O3S/c1-19(2,3)28-18(27)25-8-4-5-10(9-25)21-16(26)14-13-11(23-24-14)6-7-12-15(13)29-17(20)22-12/h6-7,10H,4-5,8-9H2,1-3H3,(H2,20,22)(H,21,26)(H,23,24). The molecule has 0 aliphatic carbocycles. The van der Waals surface area contributed by atoms with Crippen molar-refractivity contribution < 1.29 is 14.3 Å². The number of fused-ring (bicyclic) bond motifs is 3. The van der Waals surface area contributed by atoms with E-state index in [9.17, 15) is 9.59 Å². The topological polar surface area (TPSA) is 126 Å². The van der Waals surface area contributed by atoms with Gasteiger partial charge < -0.3 is 20.7 Å². The van der Waals surface area contributed by atoms with Gasteiger partial charge in [-0.1, -0.05) is 11.3 Å². The molecule has 0 spiro atoms. The number of likely N-dealkylation sites (tertiary alicyclic amines) is 1. The van der Waals surface area contributed by atoms with E-state index >= 15 is 0 Å². The third-order valence-electron chi connectivity index (χ3n) is 4.72. The Labute approximate surface area is 171 Å². The average molecular weight is 417 g/mol. The van der Waals surface area contributed by atoms with Gasteiger partial charge in [-0.3, -0.25) is 9.89 Å². The fraction of sp³-hybridized carbons (Fsp3) is 0.474. The number of thiazole rings is 1. The molecule has 2 amide bonds. The van der Waals surface area contributed by atoms with Crippen LogP contribution in [0.15, 0.2) is 12.1 Å². The lowest BCUT2D eigenvalue weighted by Crippen LogP contribution is -2.50. The number of nitrogens with zero attached hydrogens (tertiary/aromatic N) is 3. The SMILES string of the molecule is CC(C)(C)OC(=O)N1CCCC(NC(=O)c2n[nH]c3ccc4nc(N)sc4c23)C1. The summed E-state index contributed by atoms with van der Waals surface area (Å²) in [5.41, 5.74) is 7.09. The Kier molecular flexibility index (Phi) is 4.81. The number of hydrogen-bond acceptors (Lipinski definition) is 7. The van der Waals surface area contributed by atoms with Crippen LogP contribution in [-0.2, 0) is 4.74 Å². The fourth-order valence-electron chi connectivity index (χ4n) is 3.51. The van der Waals surface area contributed by atoms with E-state index in [0.717, 1.165) is 28.6 Å². The maximum absolute atomic E-state index is 13.0. The van der Waals surface area contributed by atoms with Gasteiger partial charge in [0.15, 0.2) is 10.8 Å². The van der Waals surface area contributed by atoms with E-state index in [2.05, 4.69) is 20.5 Å². The van der Waals surface area contributed by atoms with E-state index in [1.165, 1.54) is 11.3 Å². The molecule has 4 N–H and O–H groups in total. The summed E-state index contributed by atoms with van der Waals surface area (Å²) >= 11 is 1.33. The third-order valence-corrected chi connectivity index (χ3v) is 5.64. The van der Waals surface area contributed by atoms with Crippen LogP contribution in [0.4, 0.5) is 9.93 Å². The van der Waals surface area contributed by atoms with Crippen LogP contribution in [-0.4, -0.2) is 56.8 Å². The third kappa shape index (κ3) is 3.98. The molecule has 154 valence electrons. The largest absolute Gasteiger partial charge is 0.444 e. The van der Waals surface area contributed by atoms with Gasteiger partial charge in [0.1, 0.15) is 5.60 Å². The Hall–Kier alpha value is -2.88. The maximum atomic E-state index is 13.0. The second kappa shape index (κ2) is 7.18. The van der Waals surface area contributed by atoms with E-state index in [1.54, 1.807) is 4.90 Å². The van der Waals surface area contributed by atoms with E-state index in [1.807, 2.05) is 32.9 Å². The average Bonchev–Trinajstić information content (AvgIpc) is 3.22. The van der Waals surface area contributed by atoms with Crippen molar-refractivity contribution in [3.63, 3.8) is 0 Å². The zero-order valence-electron chi connectivity index (χ0n) is 16.6. The highest BCUT2D eigenvalue weighted by Crippen LogP contribution is 2.32. The number of benzene rings is 1. The molecule has 0 bridgehead atoms. The number of carbonyl (C=O) groups is 2. The minimum absolute atomic E-state index is 0.166. The monoisotopic (exact) mass is 416 g/mol. The maximum Gasteiger partial charge on any atom is 0.410 e. The van der Waals surface area contributed by atoms with Crippen molar-refractivity contribution in [1.82, 2.24) is 25.4 Å². The Morgan fingerprint density at radius 3 is 2.93 bits per heavy atom. The van der Waals surface area contributed by atoms with Crippen LogP contribution < -0.4 is 11.1 Å². The first-order valence-corrected chi connectivity index (χ1v) is 10.3. The van der Waals surface area contributed by atoms with Gasteiger partial charge in [-0.15, -0.1) is 0 Å². The summed E-state index contributed by atoms with van der Waals surface area (Å²) < 4.78 is 6.28. The van der Waals surface area contributed by atoms with Gasteiger partial charge in [0, 0.05) is 19.1 Å². The number of nitrogens with two attached hydrogens (primary N) is 1. The smallest absolute Gasteiger partial charge is 0.410 e. The lowest BCUT2D eigenvalue weighted by atomic mass is 10.1. The quantitative estimate of drug-likeness (QED) is 0.590. The van der Waals surface area contributed by atoms with E-state index in [-0.39, 0.29) is 18.0 Å². The van der Waals surface area contributed by atoms with E-state index < -0.39 is 5.60 Å². The predicted octanol–water partition coefficient (Wildman–Crippen LogP) is 2.88. The molecule has 1 aliphatic rings. The summed E-state index contributed by atoms with van der Waals surface area (Å²) in [4.78, 5) is 31.2. The second-order valence-corrected chi connectivity index (χ2v) is 9.23. The summed E-state index contributed by atoms with van der Waals surface area (Å²) in [7, 11) is 0. The van der Waals surface area contributed by atoms with Crippen LogP contribution >= 0.6 is 11.3 Å². The van der Waals surface area contributed by atoms with Crippen LogP contribution in [0, 0.1) is 0 Å². The molecule has 1 saturated heterocycles. The molecular weight excluding hydrogens is 392 g/mol. The fourth-order valence-corrected chi connectivity index (χ4v) is 4.39. The first kappa shape index (κ1) is 19.4. The van der Waals surface area contributed by atoms with Crippen molar-refractivity contribution in [3.8, 4) is 0 Å². The summed E-state index contributed by atoms with van der Waals surface area (Å²) in [5.74, 6) is -0.285. The van der Waals surface area contributed by atoms with Crippen LogP contribution in [0.25, 0.3) is 21.1 Å². The number of nitrogens with one attached hydrogen (secondary N) is 2. The van der Waals surface area contributed by atoms with Gasteiger partial charge in [-0.25, -0.2) is 9.78 Å². The molecule has 1 fully saturated rings. The molecule has 1 unspecified atom stereocenters. The van der Waals surface area contributed by atoms with Gasteiger partial charge in [0.2, 0.25) is 0 Å². The number of rotatable bonds is 2. The number of hydrogen-bond donors (Lipinski definition) is 3. The number of ether oxygens (including phenoxy) is 1. The molecule has 3 aromatic rings. The summed E-state index contributed by atoms with van der Waals surface area (Å²) in [6.45, 7) is 6.54. The van der Waals surface area contributed by atoms with Gasteiger partial charge in [-0.05, 0) is 45.7 Å². The van der Waals surface area contributed by atoms with E-state index in [0.29, 0.717) is 29.3 Å². The molecule has 1 aliphatic heterocycles. The Bertz CT molecular complexity index is 1080. The highest BCUT2D eigenvalue weighted by atomic mass is 32.1. The number of carbonyl (C=O) groups excluding carboxylic acids is 2. The lowest BCUT2D eigenvalue weighted by Gasteiger charge is -2.34. The van der Waals surface area contributed by atoms with Crippen LogP contribution in [0.3, 0.4) is 0 Å². The molecule has 9 nitrogen and oxygen atoms in total. The number of piperidine rings is 1. The first-order valence-electron chi connectivity index (χ1n) is 9.53. The van der Waals surface area contributed by atoms with Crippen molar-refractivity contribution in [2.75, 3.05) is 18.8 Å². The number of aromatic nitrogens is 3. The lowest BCUT2D eigenvalue weighted by molar-refractivity contribution is 0.0185. The van der Waals surface area contributed by atoms with Crippen molar-refractivity contribution in [2.45, 2.75) is 45.3 Å². The van der Waals surface area contributed by atoms with Crippen molar-refractivity contribution in [1.29, 1.82) is 0 Å². The van der Waals surface area contributed by atoms with Crippen molar-refractivity contribution in [2.24, 2.45) is 0 Å². The highest BCUT2D eigenvalue weighted by molar-refractivity contribution is 7.23. The van der Waals surface area contributed by atoms with Crippen molar-refractivity contribution >= 4 is 49.6 Å². The number of nitrogen functional groups attached to an aromatic ring is 1. The van der Waals surface area contributed by atoms with Gasteiger partial charge in [0.05, 0.1) is 21.1 Å². The summed E-state index contributed by atoms with van der Waals surface area (Å²) in [6.07, 6.45) is 1.22. The number of amides is 2. The van der Waals surface area contributed by atoms with Crippen molar-refractivity contribution in [3.05, 3.63) is 17.8 Å². The molecular formula is C19H24N6O3S. The van der Waals surface area contributed by atoms with E-state index in [4.69, 9.17) is 10.5 Å². The number of H-pyrrole nitrogens is 1. The molecule has 29 heavy (non-hydrogen) atoms. The molecule has 1 atom stereocenters. The van der Waals surface area contributed by atoms with Gasteiger partial charge in [-0.2, -0.15) is 5.10 Å². The Morgan fingerprint density at radius 1 is 1.38 bits per heavy atom. The Morgan fingerprint density at radius 2 is 2.17 bits per heavy atom. The minimum atomic E-state index is -0.552. The van der Waals surface area contributed by atoms with Crippen LogP contribution in [0.2, 0.25) is 0 Å². The normalized spacial score (nSPS) is 17.6. The molecule has 2 aromatic heterocycles.